The topological polar surface area (TPSA) is 17.1 Å². The minimum Gasteiger partial charge on any atom is -0.289 e. The molecule has 0 unspecified atom stereocenters. The molecule has 0 N–H and O–H groups in total. The zero-order valence-electron chi connectivity index (χ0n) is 20.0. The summed E-state index contributed by atoms with van der Waals surface area (Å²) in [4.78, 5) is 13.5. The van der Waals surface area contributed by atoms with Crippen molar-refractivity contribution in [1.82, 2.24) is 0 Å². The standard InChI is InChI=1S/C32H30OS/c1-3-4-5-6-7-8-13-21-19-26-22-14-9-10-15-23(22)31(33)25-18-17-24-28-20(2)12-11-16-27(28)34-32(21)30(24)29(25)26/h9-12,14-19H,3-8,13H2,1-2H3. The highest BCUT2D eigenvalue weighted by atomic mass is 32.1. The largest absolute Gasteiger partial charge is 0.289 e. The van der Waals surface area contributed by atoms with Crippen LogP contribution in [0.4, 0.5) is 0 Å². The molecule has 0 bridgehead atoms. The molecule has 0 saturated heterocycles. The van der Waals surface area contributed by atoms with Crippen molar-refractivity contribution in [2.75, 3.05) is 0 Å². The summed E-state index contributed by atoms with van der Waals surface area (Å²) in [5, 5.41) is 9.10. The molecule has 34 heavy (non-hydrogen) atoms. The van der Waals surface area contributed by atoms with Gasteiger partial charge in [-0.3, -0.25) is 4.79 Å². The van der Waals surface area contributed by atoms with Crippen LogP contribution in [0.2, 0.25) is 0 Å². The second kappa shape index (κ2) is 8.67. The fourth-order valence-electron chi connectivity index (χ4n) is 5.84. The third-order valence-electron chi connectivity index (χ3n) is 7.53. The van der Waals surface area contributed by atoms with Gasteiger partial charge in [-0.05, 0) is 65.3 Å². The van der Waals surface area contributed by atoms with E-state index in [1.54, 1.807) is 0 Å². The quantitative estimate of drug-likeness (QED) is 0.131. The first-order valence-corrected chi connectivity index (χ1v) is 13.5. The summed E-state index contributed by atoms with van der Waals surface area (Å²) in [6, 6.07) is 21.5. The summed E-state index contributed by atoms with van der Waals surface area (Å²) >= 11 is 1.91. The first kappa shape index (κ1) is 21.6. The van der Waals surface area contributed by atoms with E-state index in [4.69, 9.17) is 0 Å². The molecule has 6 aromatic rings. The zero-order valence-corrected chi connectivity index (χ0v) is 20.9. The van der Waals surface area contributed by atoms with E-state index in [0.29, 0.717) is 0 Å². The van der Waals surface area contributed by atoms with Gasteiger partial charge in [0.15, 0.2) is 5.43 Å². The Labute approximate surface area is 204 Å². The Balaban J connectivity index is 1.68. The number of hydrogen-bond donors (Lipinski definition) is 0. The van der Waals surface area contributed by atoms with Gasteiger partial charge in [-0.2, -0.15) is 0 Å². The number of benzene rings is 5. The van der Waals surface area contributed by atoms with Crippen LogP contribution >= 0.6 is 11.3 Å². The van der Waals surface area contributed by atoms with Crippen molar-refractivity contribution in [3.63, 3.8) is 0 Å². The normalized spacial score (nSPS) is 12.2. The van der Waals surface area contributed by atoms with Gasteiger partial charge >= 0.3 is 0 Å². The summed E-state index contributed by atoms with van der Waals surface area (Å²) in [7, 11) is 0. The van der Waals surface area contributed by atoms with Gasteiger partial charge in [0.2, 0.25) is 0 Å². The van der Waals surface area contributed by atoms with E-state index < -0.39 is 0 Å². The number of unbranched alkanes of at least 4 members (excludes halogenated alkanes) is 5. The third-order valence-corrected chi connectivity index (χ3v) is 8.76. The third kappa shape index (κ3) is 3.31. The predicted molar refractivity (Wildman–Crippen MR) is 151 cm³/mol. The summed E-state index contributed by atoms with van der Waals surface area (Å²) < 4.78 is 2.71. The first-order chi connectivity index (χ1) is 16.7. The second-order valence-electron chi connectivity index (χ2n) is 9.77. The lowest BCUT2D eigenvalue weighted by Gasteiger charge is -2.18. The lowest BCUT2D eigenvalue weighted by Crippen LogP contribution is -2.04. The van der Waals surface area contributed by atoms with Gasteiger partial charge in [0, 0.05) is 36.3 Å². The zero-order chi connectivity index (χ0) is 23.2. The molecule has 1 aromatic heterocycles. The molecular weight excluding hydrogens is 432 g/mol. The molecule has 5 aromatic carbocycles. The molecule has 0 saturated carbocycles. The molecule has 2 heteroatoms. The summed E-state index contributed by atoms with van der Waals surface area (Å²) in [6.07, 6.45) is 8.90. The van der Waals surface area contributed by atoms with Crippen molar-refractivity contribution in [2.45, 2.75) is 58.8 Å². The monoisotopic (exact) mass is 462 g/mol. The molecule has 0 radical (unpaired) electrons. The molecule has 1 heterocycles. The molecule has 6 rings (SSSR count). The Morgan fingerprint density at radius 1 is 0.676 bits per heavy atom. The van der Waals surface area contributed by atoms with Crippen LogP contribution in [0.25, 0.3) is 52.5 Å². The minimum absolute atomic E-state index is 0.157. The van der Waals surface area contributed by atoms with Crippen LogP contribution in [0, 0.1) is 6.92 Å². The van der Waals surface area contributed by atoms with Crippen LogP contribution in [0.5, 0.6) is 0 Å². The molecule has 0 atom stereocenters. The van der Waals surface area contributed by atoms with Gasteiger partial charge in [0.1, 0.15) is 0 Å². The molecule has 1 nitrogen and oxygen atoms in total. The lowest BCUT2D eigenvalue weighted by atomic mass is 9.89. The van der Waals surface area contributed by atoms with E-state index in [-0.39, 0.29) is 5.43 Å². The Morgan fingerprint density at radius 2 is 1.44 bits per heavy atom. The molecular formula is C32H30OS. The van der Waals surface area contributed by atoms with Gasteiger partial charge < -0.3 is 0 Å². The average Bonchev–Trinajstić information content (AvgIpc) is 2.86. The summed E-state index contributed by atoms with van der Waals surface area (Å²) in [5.74, 6) is 0. The van der Waals surface area contributed by atoms with Gasteiger partial charge in [0.25, 0.3) is 0 Å². The number of hydrogen-bond acceptors (Lipinski definition) is 2. The number of rotatable bonds is 7. The van der Waals surface area contributed by atoms with Crippen LogP contribution < -0.4 is 5.43 Å². The maximum Gasteiger partial charge on any atom is 0.194 e. The molecule has 0 aliphatic carbocycles. The Kier molecular flexibility index (Phi) is 5.50. The molecule has 170 valence electrons. The van der Waals surface area contributed by atoms with Crippen molar-refractivity contribution in [2.24, 2.45) is 0 Å². The van der Waals surface area contributed by atoms with E-state index in [9.17, 15) is 4.79 Å². The van der Waals surface area contributed by atoms with Gasteiger partial charge in [-0.25, -0.2) is 0 Å². The first-order valence-electron chi connectivity index (χ1n) is 12.7. The van der Waals surface area contributed by atoms with Gasteiger partial charge in [-0.1, -0.05) is 81.5 Å². The Hall–Kier alpha value is -2.97. The average molecular weight is 463 g/mol. The molecule has 0 aliphatic heterocycles. The molecule has 0 aliphatic rings. The van der Waals surface area contributed by atoms with E-state index in [1.807, 2.05) is 23.5 Å². The lowest BCUT2D eigenvalue weighted by molar-refractivity contribution is 0.608. The van der Waals surface area contributed by atoms with Crippen molar-refractivity contribution in [3.05, 3.63) is 82.0 Å². The maximum atomic E-state index is 13.5. The van der Waals surface area contributed by atoms with Crippen molar-refractivity contribution < 1.29 is 0 Å². The second-order valence-corrected chi connectivity index (χ2v) is 10.8. The maximum absolute atomic E-state index is 13.5. The van der Waals surface area contributed by atoms with Crippen molar-refractivity contribution >= 4 is 63.8 Å². The van der Waals surface area contributed by atoms with E-state index in [0.717, 1.165) is 28.0 Å². The highest BCUT2D eigenvalue weighted by molar-refractivity contribution is 7.25. The van der Waals surface area contributed by atoms with Crippen LogP contribution in [0.1, 0.15) is 56.6 Å². The van der Waals surface area contributed by atoms with E-state index in [1.165, 1.54) is 80.6 Å². The van der Waals surface area contributed by atoms with Crippen LogP contribution in [-0.4, -0.2) is 0 Å². The molecule has 0 fully saturated rings. The van der Waals surface area contributed by atoms with Crippen molar-refractivity contribution in [3.8, 4) is 0 Å². The molecule has 0 amide bonds. The summed E-state index contributed by atoms with van der Waals surface area (Å²) in [6.45, 7) is 4.48. The van der Waals surface area contributed by atoms with Gasteiger partial charge in [0.05, 0.1) is 0 Å². The minimum atomic E-state index is 0.157. The Bertz CT molecular complexity index is 1720. The predicted octanol–water partition coefficient (Wildman–Crippen LogP) is 9.52. The highest BCUT2D eigenvalue weighted by Crippen LogP contribution is 2.44. The highest BCUT2D eigenvalue weighted by Gasteiger charge is 2.19. The van der Waals surface area contributed by atoms with Crippen LogP contribution in [0.3, 0.4) is 0 Å². The van der Waals surface area contributed by atoms with Crippen LogP contribution in [-0.2, 0) is 6.42 Å². The molecule has 0 spiro atoms. The Morgan fingerprint density at radius 3 is 2.29 bits per heavy atom. The fraction of sp³-hybridized carbons (Fsp3) is 0.281. The number of fused-ring (bicyclic) bond motifs is 4. The van der Waals surface area contributed by atoms with E-state index in [2.05, 4.69) is 62.4 Å². The van der Waals surface area contributed by atoms with E-state index >= 15 is 0 Å². The fourth-order valence-corrected chi connectivity index (χ4v) is 7.19. The SMILES string of the molecule is CCCCCCCCc1cc2c3ccccc3c(=O)c3ccc4c5c(C)cccc5sc1c4c32. The van der Waals surface area contributed by atoms with Crippen molar-refractivity contribution in [1.29, 1.82) is 0 Å². The van der Waals surface area contributed by atoms with Crippen LogP contribution in [0.15, 0.2) is 65.5 Å². The van der Waals surface area contributed by atoms with Gasteiger partial charge in [-0.15, -0.1) is 11.3 Å². The smallest absolute Gasteiger partial charge is 0.194 e. The number of aryl methyl sites for hydroxylation is 2. The summed E-state index contributed by atoms with van der Waals surface area (Å²) in [5.41, 5.74) is 2.90.